The van der Waals surface area contributed by atoms with Crippen LogP contribution in [0.3, 0.4) is 0 Å². The second-order valence-electron chi connectivity index (χ2n) is 4.83. The first-order valence-electron chi connectivity index (χ1n) is 6.32. The monoisotopic (exact) mass is 299 g/mol. The zero-order valence-electron chi connectivity index (χ0n) is 12.2. The number of thiazole rings is 1. The summed E-state index contributed by atoms with van der Waals surface area (Å²) in [6, 6.07) is 0.217. The standard InChI is InChI=1S/C12H21N5O2S/c1-7(2)15-12-16-10(13)9(20-12)11(19)14-6-5-8(18)17(3)4/h7H,5-6,13H2,1-4H3,(H,14,19)(H,15,16). The van der Waals surface area contributed by atoms with E-state index in [1.54, 1.807) is 14.1 Å². The van der Waals surface area contributed by atoms with Crippen LogP contribution in [0.2, 0.25) is 0 Å². The summed E-state index contributed by atoms with van der Waals surface area (Å²) >= 11 is 1.21. The number of carbonyl (C=O) groups is 2. The van der Waals surface area contributed by atoms with Gasteiger partial charge in [-0.25, -0.2) is 4.98 Å². The molecule has 0 atom stereocenters. The van der Waals surface area contributed by atoms with Gasteiger partial charge >= 0.3 is 0 Å². The molecule has 1 rings (SSSR count). The van der Waals surface area contributed by atoms with E-state index in [-0.39, 0.29) is 36.6 Å². The highest BCUT2D eigenvalue weighted by molar-refractivity contribution is 7.18. The molecule has 0 saturated carbocycles. The predicted molar refractivity (Wildman–Crippen MR) is 80.9 cm³/mol. The van der Waals surface area contributed by atoms with Crippen LogP contribution in [0.15, 0.2) is 0 Å². The zero-order valence-corrected chi connectivity index (χ0v) is 13.0. The Hall–Kier alpha value is -1.83. The molecule has 0 radical (unpaired) electrons. The third-order valence-corrected chi connectivity index (χ3v) is 3.40. The maximum atomic E-state index is 11.9. The predicted octanol–water partition coefficient (Wildman–Crippen LogP) is 0.754. The number of nitrogens with one attached hydrogen (secondary N) is 2. The van der Waals surface area contributed by atoms with Gasteiger partial charge in [0.15, 0.2) is 5.13 Å². The minimum Gasteiger partial charge on any atom is -0.382 e. The second-order valence-corrected chi connectivity index (χ2v) is 5.83. The van der Waals surface area contributed by atoms with Crippen LogP contribution < -0.4 is 16.4 Å². The first kappa shape index (κ1) is 16.2. The van der Waals surface area contributed by atoms with Gasteiger partial charge in [0.2, 0.25) is 5.91 Å². The van der Waals surface area contributed by atoms with Crippen molar-refractivity contribution in [2.45, 2.75) is 26.3 Å². The summed E-state index contributed by atoms with van der Waals surface area (Å²) in [6.07, 6.45) is 0.258. The number of nitrogens with two attached hydrogens (primary N) is 1. The van der Waals surface area contributed by atoms with Crippen molar-refractivity contribution in [2.24, 2.45) is 0 Å². The Morgan fingerprint density at radius 1 is 1.40 bits per heavy atom. The molecule has 0 aliphatic carbocycles. The summed E-state index contributed by atoms with van der Waals surface area (Å²) in [5.41, 5.74) is 5.72. The molecule has 0 aliphatic heterocycles. The molecule has 7 nitrogen and oxygen atoms in total. The molecule has 112 valence electrons. The fourth-order valence-electron chi connectivity index (χ4n) is 1.39. The van der Waals surface area contributed by atoms with Crippen LogP contribution >= 0.6 is 11.3 Å². The van der Waals surface area contributed by atoms with E-state index in [0.717, 1.165) is 0 Å². The van der Waals surface area contributed by atoms with Gasteiger partial charge in [-0.05, 0) is 13.8 Å². The fraction of sp³-hybridized carbons (Fsp3) is 0.583. The van der Waals surface area contributed by atoms with Crippen LogP contribution in [0.4, 0.5) is 10.9 Å². The number of carbonyl (C=O) groups excluding carboxylic acids is 2. The highest BCUT2D eigenvalue weighted by Crippen LogP contribution is 2.25. The second kappa shape index (κ2) is 7.09. The van der Waals surface area contributed by atoms with Crippen molar-refractivity contribution >= 4 is 34.1 Å². The highest BCUT2D eigenvalue weighted by Gasteiger charge is 2.16. The van der Waals surface area contributed by atoms with Crippen LogP contribution in [0.1, 0.15) is 29.9 Å². The maximum Gasteiger partial charge on any atom is 0.265 e. The Kier molecular flexibility index (Phi) is 5.75. The third kappa shape index (κ3) is 4.69. The van der Waals surface area contributed by atoms with E-state index in [1.165, 1.54) is 16.2 Å². The first-order valence-corrected chi connectivity index (χ1v) is 7.14. The van der Waals surface area contributed by atoms with Gasteiger partial charge in [-0.3, -0.25) is 9.59 Å². The van der Waals surface area contributed by atoms with Crippen LogP contribution in [0.5, 0.6) is 0 Å². The lowest BCUT2D eigenvalue weighted by Gasteiger charge is -2.10. The molecular weight excluding hydrogens is 278 g/mol. The Balaban J connectivity index is 2.55. The lowest BCUT2D eigenvalue weighted by atomic mass is 10.3. The summed E-state index contributed by atoms with van der Waals surface area (Å²) in [5.74, 6) is -0.136. The van der Waals surface area contributed by atoms with E-state index < -0.39 is 0 Å². The van der Waals surface area contributed by atoms with Gasteiger partial charge in [0.05, 0.1) is 0 Å². The van der Waals surface area contributed by atoms with Crippen molar-refractivity contribution in [3.05, 3.63) is 4.88 Å². The van der Waals surface area contributed by atoms with Gasteiger partial charge in [0.25, 0.3) is 5.91 Å². The summed E-state index contributed by atoms with van der Waals surface area (Å²) in [5, 5.41) is 6.38. The first-order chi connectivity index (χ1) is 9.31. The zero-order chi connectivity index (χ0) is 15.3. The molecule has 0 aromatic carbocycles. The van der Waals surface area contributed by atoms with E-state index in [4.69, 9.17) is 5.73 Å². The molecule has 0 fully saturated rings. The van der Waals surface area contributed by atoms with Gasteiger partial charge in [-0.1, -0.05) is 11.3 Å². The number of nitrogens with zero attached hydrogens (tertiary/aromatic N) is 2. The molecule has 0 saturated heterocycles. The largest absolute Gasteiger partial charge is 0.382 e. The average molecular weight is 299 g/mol. The van der Waals surface area contributed by atoms with Crippen molar-refractivity contribution < 1.29 is 9.59 Å². The maximum absolute atomic E-state index is 11.9. The molecule has 1 heterocycles. The Labute approximate surface area is 122 Å². The molecule has 0 bridgehead atoms. The molecule has 4 N–H and O–H groups in total. The number of nitrogen functional groups attached to an aromatic ring is 1. The van der Waals surface area contributed by atoms with Crippen molar-refractivity contribution in [1.29, 1.82) is 0 Å². The molecule has 1 aromatic heterocycles. The molecule has 0 aliphatic rings. The Bertz CT molecular complexity index is 484. The van der Waals surface area contributed by atoms with Crippen LogP contribution in [-0.2, 0) is 4.79 Å². The minimum atomic E-state index is -0.302. The Morgan fingerprint density at radius 3 is 2.60 bits per heavy atom. The summed E-state index contributed by atoms with van der Waals surface area (Å²) in [7, 11) is 3.35. The van der Waals surface area contributed by atoms with Crippen molar-refractivity contribution in [3.8, 4) is 0 Å². The van der Waals surface area contributed by atoms with Crippen molar-refractivity contribution in [2.75, 3.05) is 31.7 Å². The number of hydrogen-bond donors (Lipinski definition) is 3. The molecular formula is C12H21N5O2S. The quantitative estimate of drug-likeness (QED) is 0.720. The van der Waals surface area contributed by atoms with Crippen molar-refractivity contribution in [3.63, 3.8) is 0 Å². The number of amides is 2. The highest BCUT2D eigenvalue weighted by atomic mass is 32.1. The SMILES string of the molecule is CC(C)Nc1nc(N)c(C(=O)NCCC(=O)N(C)C)s1. The molecule has 2 amide bonds. The smallest absolute Gasteiger partial charge is 0.265 e. The summed E-state index contributed by atoms with van der Waals surface area (Å²) in [4.78, 5) is 29.3. The number of anilines is 2. The van der Waals surface area contributed by atoms with Gasteiger partial charge in [-0.15, -0.1) is 0 Å². The van der Waals surface area contributed by atoms with Gasteiger partial charge in [-0.2, -0.15) is 0 Å². The third-order valence-electron chi connectivity index (χ3n) is 2.39. The number of hydrogen-bond acceptors (Lipinski definition) is 6. The molecule has 1 aromatic rings. The topological polar surface area (TPSA) is 100 Å². The van der Waals surface area contributed by atoms with E-state index >= 15 is 0 Å². The van der Waals surface area contributed by atoms with Gasteiger partial charge < -0.3 is 21.3 Å². The van der Waals surface area contributed by atoms with Gasteiger partial charge in [0, 0.05) is 33.1 Å². The van der Waals surface area contributed by atoms with Crippen LogP contribution in [0.25, 0.3) is 0 Å². The summed E-state index contributed by atoms with van der Waals surface area (Å²) in [6.45, 7) is 4.23. The lowest BCUT2D eigenvalue weighted by Crippen LogP contribution is -2.30. The number of rotatable bonds is 6. The van der Waals surface area contributed by atoms with Crippen LogP contribution in [0, 0.1) is 0 Å². The minimum absolute atomic E-state index is 0.0373. The molecule has 8 heteroatoms. The lowest BCUT2D eigenvalue weighted by molar-refractivity contribution is -0.128. The average Bonchev–Trinajstić information content (AvgIpc) is 2.68. The van der Waals surface area contributed by atoms with Crippen LogP contribution in [-0.4, -0.2) is 48.4 Å². The van der Waals surface area contributed by atoms with E-state index in [0.29, 0.717) is 10.0 Å². The summed E-state index contributed by atoms with van der Waals surface area (Å²) < 4.78 is 0. The molecule has 20 heavy (non-hydrogen) atoms. The Morgan fingerprint density at radius 2 is 2.05 bits per heavy atom. The fourth-order valence-corrected chi connectivity index (χ4v) is 2.34. The van der Waals surface area contributed by atoms with Gasteiger partial charge in [0.1, 0.15) is 10.7 Å². The van der Waals surface area contributed by atoms with Crippen molar-refractivity contribution in [1.82, 2.24) is 15.2 Å². The molecule has 0 unspecified atom stereocenters. The van der Waals surface area contributed by atoms with E-state index in [2.05, 4.69) is 15.6 Å². The number of aromatic nitrogens is 1. The molecule has 0 spiro atoms. The normalized spacial score (nSPS) is 10.4. The van der Waals surface area contributed by atoms with E-state index in [1.807, 2.05) is 13.8 Å². The van der Waals surface area contributed by atoms with E-state index in [9.17, 15) is 9.59 Å².